The Morgan fingerprint density at radius 2 is 2.06 bits per heavy atom. The summed E-state index contributed by atoms with van der Waals surface area (Å²) in [6.45, 7) is 1.97. The first-order valence-corrected chi connectivity index (χ1v) is 5.84. The number of alkyl halides is 3. The van der Waals surface area contributed by atoms with Gasteiger partial charge in [-0.3, -0.25) is 4.79 Å². The fourth-order valence-electron chi connectivity index (χ4n) is 1.85. The second-order valence-corrected chi connectivity index (χ2v) is 4.13. The molecule has 1 N–H and O–H groups in total. The third-order valence-corrected chi connectivity index (χ3v) is 2.79. The fraction of sp³-hybridized carbons (Fsp3) is 0.583. The SMILES string of the molecule is CCCC(Cn1c(C(F)(F)F)cccc1=O)NC. The van der Waals surface area contributed by atoms with Gasteiger partial charge in [0.05, 0.1) is 0 Å². The Morgan fingerprint density at radius 1 is 1.39 bits per heavy atom. The van der Waals surface area contributed by atoms with Crippen LogP contribution in [0.1, 0.15) is 25.5 Å². The number of rotatable bonds is 5. The highest BCUT2D eigenvalue weighted by atomic mass is 19.4. The Bertz CT molecular complexity index is 440. The zero-order valence-electron chi connectivity index (χ0n) is 10.4. The first-order chi connectivity index (χ1) is 8.40. The van der Waals surface area contributed by atoms with Crippen LogP contribution in [0.5, 0.6) is 0 Å². The number of pyridine rings is 1. The summed E-state index contributed by atoms with van der Waals surface area (Å²) in [4.78, 5) is 11.6. The van der Waals surface area contributed by atoms with Gasteiger partial charge in [-0.05, 0) is 19.5 Å². The molecule has 0 aromatic carbocycles. The number of nitrogens with one attached hydrogen (secondary N) is 1. The number of likely N-dealkylation sites (N-methyl/N-ethyl adjacent to an activating group) is 1. The van der Waals surface area contributed by atoms with Gasteiger partial charge in [0.2, 0.25) is 0 Å². The Hall–Kier alpha value is -1.30. The molecular formula is C12H17F3N2O. The van der Waals surface area contributed by atoms with Gasteiger partial charge in [0, 0.05) is 18.7 Å². The van der Waals surface area contributed by atoms with E-state index in [0.717, 1.165) is 35.6 Å². The van der Waals surface area contributed by atoms with Gasteiger partial charge in [-0.15, -0.1) is 0 Å². The van der Waals surface area contributed by atoms with Crippen LogP contribution in [0, 0.1) is 0 Å². The molecule has 0 amide bonds. The van der Waals surface area contributed by atoms with E-state index in [-0.39, 0.29) is 12.6 Å². The van der Waals surface area contributed by atoms with Gasteiger partial charge in [-0.1, -0.05) is 19.4 Å². The minimum atomic E-state index is -4.51. The molecular weight excluding hydrogens is 245 g/mol. The van der Waals surface area contributed by atoms with E-state index in [4.69, 9.17) is 0 Å². The maximum atomic E-state index is 12.8. The average Bonchev–Trinajstić information content (AvgIpc) is 2.29. The molecule has 1 heterocycles. The largest absolute Gasteiger partial charge is 0.431 e. The lowest BCUT2D eigenvalue weighted by Gasteiger charge is -2.20. The topological polar surface area (TPSA) is 34.0 Å². The number of hydrogen-bond acceptors (Lipinski definition) is 2. The third-order valence-electron chi connectivity index (χ3n) is 2.79. The number of aromatic nitrogens is 1. The lowest BCUT2D eigenvalue weighted by Crippen LogP contribution is -2.37. The predicted octanol–water partition coefficient (Wildman–Crippen LogP) is 2.26. The molecule has 0 saturated carbocycles. The quantitative estimate of drug-likeness (QED) is 0.883. The molecule has 6 heteroatoms. The first-order valence-electron chi connectivity index (χ1n) is 5.84. The standard InChI is InChI=1S/C12H17F3N2O/c1-3-5-9(16-2)8-17-10(12(13,14)15)6-4-7-11(17)18/h4,6-7,9,16H,3,5,8H2,1-2H3. The lowest BCUT2D eigenvalue weighted by molar-refractivity contribution is -0.144. The molecule has 0 aliphatic heterocycles. The minimum Gasteiger partial charge on any atom is -0.315 e. The van der Waals surface area contributed by atoms with Crippen molar-refractivity contribution in [3.05, 3.63) is 34.2 Å². The normalized spacial score (nSPS) is 13.6. The van der Waals surface area contributed by atoms with Crippen molar-refractivity contribution in [3.8, 4) is 0 Å². The average molecular weight is 262 g/mol. The van der Waals surface area contributed by atoms with Gasteiger partial charge in [0.25, 0.3) is 5.56 Å². The van der Waals surface area contributed by atoms with Crippen LogP contribution in [0.25, 0.3) is 0 Å². The second kappa shape index (κ2) is 6.04. The second-order valence-electron chi connectivity index (χ2n) is 4.13. The molecule has 0 aliphatic carbocycles. The predicted molar refractivity (Wildman–Crippen MR) is 63.5 cm³/mol. The van der Waals surface area contributed by atoms with Crippen LogP contribution in [0.2, 0.25) is 0 Å². The minimum absolute atomic E-state index is 0.0266. The summed E-state index contributed by atoms with van der Waals surface area (Å²) in [5, 5.41) is 2.93. The summed E-state index contributed by atoms with van der Waals surface area (Å²) in [7, 11) is 1.68. The van der Waals surface area contributed by atoms with E-state index in [1.54, 1.807) is 7.05 Å². The molecule has 0 saturated heterocycles. The Kier molecular flexibility index (Phi) is 4.95. The lowest BCUT2D eigenvalue weighted by atomic mass is 10.1. The van der Waals surface area contributed by atoms with Gasteiger partial charge in [-0.2, -0.15) is 13.2 Å². The molecule has 0 aliphatic rings. The summed E-state index contributed by atoms with van der Waals surface area (Å²) in [5.74, 6) is 0. The maximum absolute atomic E-state index is 12.8. The first kappa shape index (κ1) is 14.8. The summed E-state index contributed by atoms with van der Waals surface area (Å²) in [6, 6.07) is 3.07. The van der Waals surface area contributed by atoms with Gasteiger partial charge in [-0.25, -0.2) is 0 Å². The van der Waals surface area contributed by atoms with Crippen molar-refractivity contribution in [2.45, 2.75) is 38.5 Å². The molecule has 0 radical (unpaired) electrons. The fourth-order valence-corrected chi connectivity index (χ4v) is 1.85. The summed E-state index contributed by atoms with van der Waals surface area (Å²) in [6.07, 6.45) is -2.95. The number of halogens is 3. The van der Waals surface area contributed by atoms with Crippen LogP contribution in [-0.4, -0.2) is 17.7 Å². The van der Waals surface area contributed by atoms with E-state index in [1.165, 1.54) is 0 Å². The van der Waals surface area contributed by atoms with Crippen LogP contribution in [0.3, 0.4) is 0 Å². The molecule has 18 heavy (non-hydrogen) atoms. The summed E-state index contributed by atoms with van der Waals surface area (Å²) < 4.78 is 39.2. The molecule has 0 bridgehead atoms. The highest BCUT2D eigenvalue weighted by molar-refractivity contribution is 5.10. The molecule has 1 atom stereocenters. The Balaban J connectivity index is 3.10. The van der Waals surface area contributed by atoms with Crippen molar-refractivity contribution >= 4 is 0 Å². The number of hydrogen-bond donors (Lipinski definition) is 1. The van der Waals surface area contributed by atoms with Crippen molar-refractivity contribution in [1.82, 2.24) is 9.88 Å². The van der Waals surface area contributed by atoms with Crippen molar-refractivity contribution in [3.63, 3.8) is 0 Å². The van der Waals surface area contributed by atoms with Crippen molar-refractivity contribution < 1.29 is 13.2 Å². The van der Waals surface area contributed by atoms with E-state index >= 15 is 0 Å². The summed E-state index contributed by atoms with van der Waals surface area (Å²) >= 11 is 0. The molecule has 1 aromatic heterocycles. The monoisotopic (exact) mass is 262 g/mol. The van der Waals surface area contributed by atoms with E-state index in [9.17, 15) is 18.0 Å². The molecule has 3 nitrogen and oxygen atoms in total. The molecule has 1 unspecified atom stereocenters. The van der Waals surface area contributed by atoms with Crippen molar-refractivity contribution in [2.75, 3.05) is 7.05 Å². The van der Waals surface area contributed by atoms with Crippen molar-refractivity contribution in [1.29, 1.82) is 0 Å². The van der Waals surface area contributed by atoms with Gasteiger partial charge in [0.1, 0.15) is 5.69 Å². The smallest absolute Gasteiger partial charge is 0.315 e. The Labute approximate surface area is 104 Å². The van der Waals surface area contributed by atoms with Crippen LogP contribution in [-0.2, 0) is 12.7 Å². The molecule has 0 spiro atoms. The van der Waals surface area contributed by atoms with E-state index in [2.05, 4.69) is 5.32 Å². The zero-order chi connectivity index (χ0) is 13.8. The molecule has 0 fully saturated rings. The van der Waals surface area contributed by atoms with E-state index in [1.807, 2.05) is 6.92 Å². The Morgan fingerprint density at radius 3 is 2.56 bits per heavy atom. The van der Waals surface area contributed by atoms with Crippen molar-refractivity contribution in [2.24, 2.45) is 0 Å². The molecule has 1 aromatic rings. The van der Waals surface area contributed by atoms with E-state index < -0.39 is 17.4 Å². The summed E-state index contributed by atoms with van der Waals surface area (Å²) in [5.41, 5.74) is -1.52. The molecule has 1 rings (SSSR count). The third kappa shape index (κ3) is 3.60. The van der Waals surface area contributed by atoms with E-state index in [0.29, 0.717) is 0 Å². The van der Waals surface area contributed by atoms with Crippen LogP contribution < -0.4 is 10.9 Å². The van der Waals surface area contributed by atoms with Gasteiger partial charge < -0.3 is 9.88 Å². The number of nitrogens with zero attached hydrogens (tertiary/aromatic N) is 1. The maximum Gasteiger partial charge on any atom is 0.431 e. The van der Waals surface area contributed by atoms with Crippen LogP contribution in [0.4, 0.5) is 13.2 Å². The molecule has 102 valence electrons. The highest BCUT2D eigenvalue weighted by Gasteiger charge is 2.34. The van der Waals surface area contributed by atoms with Crippen LogP contribution in [0.15, 0.2) is 23.0 Å². The van der Waals surface area contributed by atoms with Crippen LogP contribution >= 0.6 is 0 Å². The highest BCUT2D eigenvalue weighted by Crippen LogP contribution is 2.28. The van der Waals surface area contributed by atoms with Gasteiger partial charge >= 0.3 is 6.18 Å². The zero-order valence-corrected chi connectivity index (χ0v) is 10.4. The van der Waals surface area contributed by atoms with Gasteiger partial charge in [0.15, 0.2) is 0 Å².